The first-order chi connectivity index (χ1) is 10.0. The Labute approximate surface area is 120 Å². The average Bonchev–Trinajstić information content (AvgIpc) is 2.79. The molecule has 108 valence electrons. The Morgan fingerprint density at radius 3 is 1.90 bits per heavy atom. The Morgan fingerprint density at radius 2 is 1.24 bits per heavy atom. The molecular formula is C15H14N2O4. The van der Waals surface area contributed by atoms with Crippen LogP contribution in [0.4, 0.5) is 0 Å². The summed E-state index contributed by atoms with van der Waals surface area (Å²) in [6, 6.07) is 0. The maximum absolute atomic E-state index is 12.1. The van der Waals surface area contributed by atoms with E-state index < -0.39 is 0 Å². The van der Waals surface area contributed by atoms with Crippen LogP contribution in [0.5, 0.6) is 0 Å². The molecule has 4 aliphatic carbocycles. The largest absolute Gasteiger partial charge is 0.296 e. The molecule has 0 aromatic carbocycles. The summed E-state index contributed by atoms with van der Waals surface area (Å²) in [6.45, 7) is 1.97. The smallest absolute Gasteiger partial charge is 0.231 e. The quantitative estimate of drug-likeness (QED) is 0.451. The van der Waals surface area contributed by atoms with Gasteiger partial charge in [0.15, 0.2) is 0 Å². The first kappa shape index (κ1) is 11.7. The van der Waals surface area contributed by atoms with Gasteiger partial charge in [0.2, 0.25) is 23.6 Å². The Bertz CT molecular complexity index is 681. The summed E-state index contributed by atoms with van der Waals surface area (Å²) < 4.78 is 0. The van der Waals surface area contributed by atoms with Gasteiger partial charge in [-0.2, -0.15) is 0 Å². The van der Waals surface area contributed by atoms with E-state index in [1.54, 1.807) is 0 Å². The molecule has 6 aliphatic rings. The number of amides is 4. The summed E-state index contributed by atoms with van der Waals surface area (Å²) in [5.74, 6) is -2.22. The van der Waals surface area contributed by atoms with Gasteiger partial charge in [0.05, 0.1) is 23.7 Å². The minimum Gasteiger partial charge on any atom is -0.296 e. The fourth-order valence-corrected chi connectivity index (χ4v) is 5.84. The van der Waals surface area contributed by atoms with Crippen molar-refractivity contribution in [2.75, 3.05) is 0 Å². The highest BCUT2D eigenvalue weighted by Gasteiger charge is 2.73. The Hall–Kier alpha value is -1.98. The fraction of sp³-hybridized carbons (Fsp3) is 0.600. The van der Waals surface area contributed by atoms with Gasteiger partial charge in [0.25, 0.3) is 0 Å². The van der Waals surface area contributed by atoms with Gasteiger partial charge >= 0.3 is 0 Å². The Kier molecular flexibility index (Phi) is 1.81. The van der Waals surface area contributed by atoms with Gasteiger partial charge in [-0.05, 0) is 30.6 Å². The van der Waals surface area contributed by atoms with Crippen LogP contribution in [0, 0.1) is 47.3 Å². The monoisotopic (exact) mass is 286 g/mol. The van der Waals surface area contributed by atoms with Gasteiger partial charge in [-0.1, -0.05) is 11.6 Å². The Balaban J connectivity index is 1.66. The molecule has 8 atom stereocenters. The van der Waals surface area contributed by atoms with Crippen molar-refractivity contribution >= 4 is 23.6 Å². The maximum Gasteiger partial charge on any atom is 0.231 e. The van der Waals surface area contributed by atoms with Gasteiger partial charge in [-0.25, -0.2) is 0 Å². The lowest BCUT2D eigenvalue weighted by atomic mass is 9.39. The van der Waals surface area contributed by atoms with Gasteiger partial charge in [0, 0.05) is 0 Å². The van der Waals surface area contributed by atoms with E-state index in [0.717, 1.165) is 5.57 Å². The van der Waals surface area contributed by atoms with E-state index in [1.165, 1.54) is 0 Å². The number of hydrogen-bond donors (Lipinski definition) is 2. The molecule has 2 aliphatic heterocycles. The van der Waals surface area contributed by atoms with Crippen LogP contribution in [0.3, 0.4) is 0 Å². The van der Waals surface area contributed by atoms with Crippen LogP contribution in [0.2, 0.25) is 0 Å². The molecule has 2 heterocycles. The molecular weight excluding hydrogens is 272 g/mol. The van der Waals surface area contributed by atoms with E-state index in [0.29, 0.717) is 0 Å². The molecule has 2 saturated carbocycles. The van der Waals surface area contributed by atoms with Crippen molar-refractivity contribution < 1.29 is 19.2 Å². The number of nitrogens with one attached hydrogen (secondary N) is 2. The second kappa shape index (κ2) is 3.26. The van der Waals surface area contributed by atoms with E-state index in [9.17, 15) is 19.2 Å². The summed E-state index contributed by atoms with van der Waals surface area (Å²) in [4.78, 5) is 48.2. The summed E-state index contributed by atoms with van der Waals surface area (Å²) in [6.07, 6.45) is 2.07. The zero-order valence-electron chi connectivity index (χ0n) is 11.3. The highest BCUT2D eigenvalue weighted by molar-refractivity contribution is 6.09. The molecule has 0 aromatic rings. The molecule has 2 N–H and O–H groups in total. The van der Waals surface area contributed by atoms with Crippen molar-refractivity contribution in [3.63, 3.8) is 0 Å². The summed E-state index contributed by atoms with van der Waals surface area (Å²) in [5.41, 5.74) is 1.10. The summed E-state index contributed by atoms with van der Waals surface area (Å²) >= 11 is 0. The third-order valence-electron chi connectivity index (χ3n) is 6.39. The minimum atomic E-state index is -0.350. The van der Waals surface area contributed by atoms with Crippen molar-refractivity contribution in [3.05, 3.63) is 11.6 Å². The normalized spacial score (nSPS) is 52.5. The van der Waals surface area contributed by atoms with Gasteiger partial charge in [-0.15, -0.1) is 0 Å². The number of imide groups is 2. The molecule has 4 fully saturated rings. The third kappa shape index (κ3) is 1.06. The van der Waals surface area contributed by atoms with Crippen LogP contribution in [0.15, 0.2) is 11.6 Å². The SMILES string of the molecule is CC1=C[C@@H]2[C@H]3C(=O)NC(=O)[C@@H]3[C@H]1[C@H]1[C@H]3C(=O)NC(=O)[C@@H]3[C@@H]21. The lowest BCUT2D eigenvalue weighted by molar-refractivity contribution is -0.168. The van der Waals surface area contributed by atoms with Crippen molar-refractivity contribution in [2.45, 2.75) is 6.92 Å². The van der Waals surface area contributed by atoms with E-state index in [4.69, 9.17) is 0 Å². The summed E-state index contributed by atoms with van der Waals surface area (Å²) in [7, 11) is 0. The molecule has 0 radical (unpaired) electrons. The Morgan fingerprint density at radius 1 is 0.714 bits per heavy atom. The van der Waals surface area contributed by atoms with E-state index in [2.05, 4.69) is 16.7 Å². The van der Waals surface area contributed by atoms with Crippen LogP contribution in [-0.2, 0) is 19.2 Å². The third-order valence-corrected chi connectivity index (χ3v) is 6.39. The highest BCUT2D eigenvalue weighted by Crippen LogP contribution is 2.67. The standard InChI is InChI=1S/C15H14N2O4/c1-3-2-4-6-8(11-10(6)14(20)17-15(11)21)5(3)9-7(4)12(18)16-13(9)19/h2,4-11H,1H3,(H,16,18,19)(H,17,20,21)/t4-,5+,6-,7+,8+,9+,10+,11+/m0/s1. The predicted molar refractivity (Wildman–Crippen MR) is 68.0 cm³/mol. The van der Waals surface area contributed by atoms with Crippen molar-refractivity contribution in [1.29, 1.82) is 0 Å². The number of fused-ring (bicyclic) bond motifs is 1. The van der Waals surface area contributed by atoms with E-state index in [1.807, 2.05) is 6.92 Å². The molecule has 21 heavy (non-hydrogen) atoms. The second-order valence-electron chi connectivity index (χ2n) is 6.98. The zero-order valence-corrected chi connectivity index (χ0v) is 11.3. The molecule has 6 rings (SSSR count). The van der Waals surface area contributed by atoms with Crippen LogP contribution >= 0.6 is 0 Å². The molecule has 0 spiro atoms. The lowest BCUT2D eigenvalue weighted by Gasteiger charge is -2.61. The summed E-state index contributed by atoms with van der Waals surface area (Å²) in [5, 5.41) is 4.86. The molecule has 0 unspecified atom stereocenters. The first-order valence-corrected chi connectivity index (χ1v) is 7.38. The van der Waals surface area contributed by atoms with Crippen molar-refractivity contribution in [2.24, 2.45) is 47.3 Å². The molecule has 4 amide bonds. The zero-order chi connectivity index (χ0) is 14.6. The van der Waals surface area contributed by atoms with Crippen LogP contribution < -0.4 is 10.6 Å². The minimum absolute atomic E-state index is 0.0352. The number of hydrogen-bond acceptors (Lipinski definition) is 4. The number of rotatable bonds is 0. The van der Waals surface area contributed by atoms with Crippen LogP contribution in [0.25, 0.3) is 0 Å². The topological polar surface area (TPSA) is 92.3 Å². The lowest BCUT2D eigenvalue weighted by Crippen LogP contribution is -2.64. The second-order valence-corrected chi connectivity index (χ2v) is 6.98. The van der Waals surface area contributed by atoms with Gasteiger partial charge < -0.3 is 0 Å². The van der Waals surface area contributed by atoms with Gasteiger partial charge in [0.1, 0.15) is 0 Å². The first-order valence-electron chi connectivity index (χ1n) is 7.38. The van der Waals surface area contributed by atoms with E-state index >= 15 is 0 Å². The number of carbonyl (C=O) groups excluding carboxylic acids is 4. The fourth-order valence-electron chi connectivity index (χ4n) is 5.84. The van der Waals surface area contributed by atoms with Gasteiger partial charge in [-0.3, -0.25) is 29.8 Å². The predicted octanol–water partition coefficient (Wildman–Crippen LogP) is -0.784. The average molecular weight is 286 g/mol. The molecule has 0 aromatic heterocycles. The number of carbonyl (C=O) groups is 4. The molecule has 2 bridgehead atoms. The maximum atomic E-state index is 12.1. The van der Waals surface area contributed by atoms with Crippen molar-refractivity contribution in [1.82, 2.24) is 10.6 Å². The van der Waals surface area contributed by atoms with Crippen molar-refractivity contribution in [3.8, 4) is 0 Å². The van der Waals surface area contributed by atoms with Crippen LogP contribution in [-0.4, -0.2) is 23.6 Å². The number of allylic oxidation sites excluding steroid dienone is 2. The molecule has 6 nitrogen and oxygen atoms in total. The van der Waals surface area contributed by atoms with Crippen LogP contribution in [0.1, 0.15) is 6.92 Å². The van der Waals surface area contributed by atoms with E-state index in [-0.39, 0.29) is 71.0 Å². The highest BCUT2D eigenvalue weighted by atomic mass is 16.2. The molecule has 6 heteroatoms. The molecule has 2 saturated heterocycles.